The van der Waals surface area contributed by atoms with Gasteiger partial charge in [0.25, 0.3) is 0 Å². The van der Waals surface area contributed by atoms with E-state index in [1.165, 1.54) is 11.1 Å². The molecule has 0 amide bonds. The zero-order valence-corrected chi connectivity index (χ0v) is 21.2. The molecular weight excluding hydrogens is 424 g/mol. The summed E-state index contributed by atoms with van der Waals surface area (Å²) < 4.78 is 12.9. The second-order valence-corrected chi connectivity index (χ2v) is 14.1. The predicted molar refractivity (Wildman–Crippen MR) is 130 cm³/mol. The third-order valence-electron chi connectivity index (χ3n) is 11.8. The van der Waals surface area contributed by atoms with Gasteiger partial charge in [-0.1, -0.05) is 45.0 Å². The largest absolute Gasteiger partial charge is 0.393 e. The lowest BCUT2D eigenvalue weighted by Crippen LogP contribution is -2.70. The highest BCUT2D eigenvalue weighted by Crippen LogP contribution is 2.74. The topological polar surface area (TPSA) is 58.9 Å². The Morgan fingerprint density at radius 1 is 0.941 bits per heavy atom. The Balaban J connectivity index is 1.33. The van der Waals surface area contributed by atoms with Gasteiger partial charge in [-0.2, -0.15) is 0 Å². The van der Waals surface area contributed by atoms with E-state index in [0.29, 0.717) is 43.3 Å². The van der Waals surface area contributed by atoms with Gasteiger partial charge in [0.05, 0.1) is 24.9 Å². The fraction of sp³-hybridized carbons (Fsp3) is 0.800. The third-order valence-corrected chi connectivity index (χ3v) is 11.8. The van der Waals surface area contributed by atoms with Crippen LogP contribution in [0, 0.1) is 34.0 Å². The van der Waals surface area contributed by atoms with Gasteiger partial charge in [-0.05, 0) is 85.2 Å². The fourth-order valence-electron chi connectivity index (χ4n) is 10.2. The first-order chi connectivity index (χ1) is 16.1. The van der Waals surface area contributed by atoms with E-state index < -0.39 is 11.4 Å². The number of rotatable bonds is 0. The van der Waals surface area contributed by atoms with Crippen LogP contribution >= 0.6 is 0 Å². The highest BCUT2D eigenvalue weighted by Gasteiger charge is 2.72. The number of ether oxygens (including phenoxy) is 2. The van der Waals surface area contributed by atoms with Crippen molar-refractivity contribution < 1.29 is 19.7 Å². The van der Waals surface area contributed by atoms with Crippen molar-refractivity contribution in [3.63, 3.8) is 0 Å². The molecule has 0 bridgehead atoms. The molecule has 1 saturated heterocycles. The predicted octanol–water partition coefficient (Wildman–Crippen LogP) is 5.20. The molecule has 4 saturated carbocycles. The Kier molecular flexibility index (Phi) is 4.51. The Bertz CT molecular complexity index is 993. The quantitative estimate of drug-likeness (QED) is 0.551. The van der Waals surface area contributed by atoms with E-state index in [0.717, 1.165) is 51.4 Å². The SMILES string of the molecule is CC1(C)COC2(CC[C@@]34Cc5ccccc5C5C[C@]6(C)[C@@H](O)CC[C@H]6[C@H](CC[C@@]3(O)C2)C54)OC1. The molecule has 1 heterocycles. The van der Waals surface area contributed by atoms with E-state index >= 15 is 0 Å². The molecule has 4 nitrogen and oxygen atoms in total. The van der Waals surface area contributed by atoms with Crippen molar-refractivity contribution in [2.24, 2.45) is 34.0 Å². The van der Waals surface area contributed by atoms with Crippen molar-refractivity contribution >= 4 is 0 Å². The summed E-state index contributed by atoms with van der Waals surface area (Å²) in [5.74, 6) is 1.46. The Labute approximate surface area is 204 Å². The molecule has 8 atom stereocenters. The molecule has 2 spiro atoms. The van der Waals surface area contributed by atoms with Crippen LogP contribution in [0.5, 0.6) is 0 Å². The van der Waals surface area contributed by atoms with Gasteiger partial charge in [0, 0.05) is 23.7 Å². The minimum Gasteiger partial charge on any atom is -0.393 e. The molecule has 6 aliphatic rings. The van der Waals surface area contributed by atoms with Gasteiger partial charge >= 0.3 is 0 Å². The van der Waals surface area contributed by atoms with Gasteiger partial charge in [0.15, 0.2) is 5.79 Å². The van der Waals surface area contributed by atoms with Crippen LogP contribution in [0.25, 0.3) is 0 Å². The molecule has 2 N–H and O–H groups in total. The number of aliphatic hydroxyl groups is 2. The lowest BCUT2D eigenvalue weighted by Gasteiger charge is -2.70. The van der Waals surface area contributed by atoms with Crippen molar-refractivity contribution in [2.45, 2.75) is 102 Å². The van der Waals surface area contributed by atoms with Crippen LogP contribution in [-0.2, 0) is 15.9 Å². The van der Waals surface area contributed by atoms with Crippen LogP contribution in [0.4, 0.5) is 0 Å². The monoisotopic (exact) mass is 466 g/mol. The first kappa shape index (κ1) is 22.3. The molecule has 0 aromatic heterocycles. The van der Waals surface area contributed by atoms with Crippen molar-refractivity contribution in [3.8, 4) is 0 Å². The van der Waals surface area contributed by atoms with Crippen LogP contribution in [-0.4, -0.2) is 40.9 Å². The number of fused-ring (bicyclic) bond motifs is 4. The van der Waals surface area contributed by atoms with Crippen LogP contribution < -0.4 is 0 Å². The summed E-state index contributed by atoms with van der Waals surface area (Å²) in [4.78, 5) is 0. The third kappa shape index (κ3) is 2.75. The zero-order valence-electron chi connectivity index (χ0n) is 21.2. The minimum absolute atomic E-state index is 0.00396. The van der Waals surface area contributed by atoms with Crippen LogP contribution in [0.1, 0.15) is 89.2 Å². The molecule has 1 aliphatic heterocycles. The maximum Gasteiger partial charge on any atom is 0.171 e. The molecule has 1 aromatic rings. The summed E-state index contributed by atoms with van der Waals surface area (Å²) >= 11 is 0. The molecular formula is C30H42O4. The van der Waals surface area contributed by atoms with E-state index in [-0.39, 0.29) is 22.3 Å². The molecule has 7 rings (SSSR count). The summed E-state index contributed by atoms with van der Waals surface area (Å²) in [6.07, 6.45) is 8.30. The van der Waals surface area contributed by atoms with Crippen molar-refractivity contribution in [2.75, 3.05) is 13.2 Å². The van der Waals surface area contributed by atoms with E-state index in [1.54, 1.807) is 0 Å². The van der Waals surface area contributed by atoms with Gasteiger partial charge in [-0.3, -0.25) is 0 Å². The van der Waals surface area contributed by atoms with E-state index in [9.17, 15) is 10.2 Å². The summed E-state index contributed by atoms with van der Waals surface area (Å²) in [5.41, 5.74) is 2.09. The molecule has 34 heavy (non-hydrogen) atoms. The summed E-state index contributed by atoms with van der Waals surface area (Å²) in [6, 6.07) is 9.03. The first-order valence-electron chi connectivity index (χ1n) is 13.9. The minimum atomic E-state index is -0.759. The molecule has 5 aliphatic carbocycles. The van der Waals surface area contributed by atoms with Crippen LogP contribution in [0.15, 0.2) is 24.3 Å². The molecule has 2 unspecified atom stereocenters. The van der Waals surface area contributed by atoms with Crippen LogP contribution in [0.3, 0.4) is 0 Å². The van der Waals surface area contributed by atoms with Crippen molar-refractivity contribution in [3.05, 3.63) is 35.4 Å². The first-order valence-corrected chi connectivity index (χ1v) is 13.9. The average Bonchev–Trinajstić information content (AvgIpc) is 3.11. The standard InChI is InChI=1S/C30H42O4/c1-26(2)17-33-30(34-18-26)13-12-28-14-19-6-4-5-7-20(19)22-15-27(3)23(8-9-24(27)31)21(25(22)28)10-11-29(28,32)16-30/h4-7,21-25,31-32H,8-18H2,1-3H3/t21-,22?,23-,24-,25?,27-,28-,29+/m0/s1. The van der Waals surface area contributed by atoms with E-state index in [2.05, 4.69) is 45.0 Å². The van der Waals surface area contributed by atoms with Gasteiger partial charge < -0.3 is 19.7 Å². The number of benzene rings is 1. The van der Waals surface area contributed by atoms with Gasteiger partial charge in [-0.25, -0.2) is 0 Å². The molecule has 4 heteroatoms. The Hall–Kier alpha value is -0.940. The second-order valence-electron chi connectivity index (χ2n) is 14.1. The maximum absolute atomic E-state index is 12.7. The summed E-state index contributed by atoms with van der Waals surface area (Å²) in [5, 5.41) is 23.8. The Morgan fingerprint density at radius 3 is 2.50 bits per heavy atom. The second kappa shape index (κ2) is 6.88. The number of aliphatic hydroxyl groups excluding tert-OH is 1. The van der Waals surface area contributed by atoms with Gasteiger partial charge in [0.1, 0.15) is 0 Å². The average molecular weight is 467 g/mol. The highest BCUT2D eigenvalue weighted by atomic mass is 16.7. The smallest absolute Gasteiger partial charge is 0.171 e. The van der Waals surface area contributed by atoms with Crippen LogP contribution in [0.2, 0.25) is 0 Å². The molecule has 5 fully saturated rings. The van der Waals surface area contributed by atoms with Gasteiger partial charge in [-0.15, -0.1) is 0 Å². The lowest BCUT2D eigenvalue weighted by molar-refractivity contribution is -0.357. The highest BCUT2D eigenvalue weighted by molar-refractivity contribution is 5.40. The van der Waals surface area contributed by atoms with Crippen molar-refractivity contribution in [1.82, 2.24) is 0 Å². The van der Waals surface area contributed by atoms with Gasteiger partial charge in [0.2, 0.25) is 0 Å². The molecule has 186 valence electrons. The Morgan fingerprint density at radius 2 is 1.71 bits per heavy atom. The molecule has 0 radical (unpaired) electrons. The summed E-state index contributed by atoms with van der Waals surface area (Å²) in [6.45, 7) is 8.17. The fourth-order valence-corrected chi connectivity index (χ4v) is 10.2. The molecule has 1 aromatic carbocycles. The lowest BCUT2D eigenvalue weighted by atomic mass is 9.37. The number of hydrogen-bond acceptors (Lipinski definition) is 4. The van der Waals surface area contributed by atoms with E-state index in [4.69, 9.17) is 9.47 Å². The summed E-state index contributed by atoms with van der Waals surface area (Å²) in [7, 11) is 0. The normalized spacial score (nSPS) is 50.1. The maximum atomic E-state index is 12.7. The zero-order chi connectivity index (χ0) is 23.6. The van der Waals surface area contributed by atoms with Crippen molar-refractivity contribution in [1.29, 1.82) is 0 Å². The number of hydrogen-bond donors (Lipinski definition) is 2. The van der Waals surface area contributed by atoms with E-state index in [1.807, 2.05) is 0 Å².